The molecule has 1 fully saturated rings. The smallest absolute Gasteiger partial charge is 0.355 e. The third kappa shape index (κ3) is 6.38. The zero-order chi connectivity index (χ0) is 24.0. The van der Waals surface area contributed by atoms with E-state index >= 15 is 0 Å². The van der Waals surface area contributed by atoms with Gasteiger partial charge in [-0.25, -0.2) is 4.79 Å². The molecule has 1 aliphatic rings. The van der Waals surface area contributed by atoms with Crippen molar-refractivity contribution in [2.75, 3.05) is 19.7 Å². The van der Waals surface area contributed by atoms with E-state index in [4.69, 9.17) is 16.3 Å². The van der Waals surface area contributed by atoms with E-state index < -0.39 is 0 Å². The van der Waals surface area contributed by atoms with E-state index in [1.54, 1.807) is 17.9 Å². The maximum Gasteiger partial charge on any atom is 0.355 e. The van der Waals surface area contributed by atoms with Gasteiger partial charge in [-0.15, -0.1) is 0 Å². The molecule has 2 heterocycles. The summed E-state index contributed by atoms with van der Waals surface area (Å²) in [7, 11) is 0. The number of nitrogens with zero attached hydrogens (tertiary/aromatic N) is 1. The van der Waals surface area contributed by atoms with Crippen LogP contribution in [0.15, 0.2) is 24.3 Å². The maximum atomic E-state index is 12.9. The number of amides is 2. The quantitative estimate of drug-likeness (QED) is 0.568. The molecule has 2 amide bonds. The van der Waals surface area contributed by atoms with E-state index in [1.165, 1.54) is 0 Å². The molecule has 1 aromatic heterocycles. The molecule has 0 spiro atoms. The van der Waals surface area contributed by atoms with Crippen LogP contribution >= 0.6 is 11.6 Å². The van der Waals surface area contributed by atoms with Crippen molar-refractivity contribution in [3.05, 3.63) is 57.4 Å². The van der Waals surface area contributed by atoms with Crippen LogP contribution in [0.4, 0.5) is 0 Å². The number of hydrogen-bond acceptors (Lipinski definition) is 4. The molecular weight excluding hydrogens is 442 g/mol. The van der Waals surface area contributed by atoms with Gasteiger partial charge in [-0.3, -0.25) is 9.59 Å². The number of nitrogens with one attached hydrogen (secondary N) is 2. The lowest BCUT2D eigenvalue weighted by Crippen LogP contribution is -2.45. The summed E-state index contributed by atoms with van der Waals surface area (Å²) in [6.45, 7) is 7.36. The van der Waals surface area contributed by atoms with Gasteiger partial charge < -0.3 is 19.9 Å². The summed E-state index contributed by atoms with van der Waals surface area (Å²) in [5, 5.41) is 3.61. The number of hydrogen-bond donors (Lipinski definition) is 2. The molecule has 8 heteroatoms. The third-order valence-electron chi connectivity index (χ3n) is 6.16. The number of aromatic nitrogens is 1. The molecule has 0 aliphatic carbocycles. The number of benzene rings is 1. The molecule has 1 aliphatic heterocycles. The van der Waals surface area contributed by atoms with Crippen molar-refractivity contribution in [3.8, 4) is 0 Å². The summed E-state index contributed by atoms with van der Waals surface area (Å²) in [5.41, 5.74) is 4.07. The number of carbonyl (C=O) groups is 3. The van der Waals surface area contributed by atoms with Gasteiger partial charge >= 0.3 is 5.97 Å². The number of aryl methyl sites for hydroxylation is 1. The fourth-order valence-electron chi connectivity index (χ4n) is 4.36. The minimum Gasteiger partial charge on any atom is -0.461 e. The molecule has 7 nitrogen and oxygen atoms in total. The third-order valence-corrected chi connectivity index (χ3v) is 6.40. The lowest BCUT2D eigenvalue weighted by Gasteiger charge is -2.32. The van der Waals surface area contributed by atoms with Crippen LogP contribution in [0.1, 0.15) is 59.1 Å². The molecule has 178 valence electrons. The average Bonchev–Trinajstić information content (AvgIpc) is 3.09. The second kappa shape index (κ2) is 11.4. The lowest BCUT2D eigenvalue weighted by atomic mass is 9.96. The first kappa shape index (κ1) is 24.8. The summed E-state index contributed by atoms with van der Waals surface area (Å²) >= 11 is 6.01. The Bertz CT molecular complexity index is 1020. The van der Waals surface area contributed by atoms with Gasteiger partial charge in [0.15, 0.2) is 0 Å². The van der Waals surface area contributed by atoms with Crippen LogP contribution < -0.4 is 5.32 Å². The van der Waals surface area contributed by atoms with E-state index in [2.05, 4.69) is 10.3 Å². The second-order valence-corrected chi connectivity index (χ2v) is 8.91. The van der Waals surface area contributed by atoms with Crippen molar-refractivity contribution in [1.82, 2.24) is 15.2 Å². The summed E-state index contributed by atoms with van der Waals surface area (Å²) in [4.78, 5) is 42.6. The van der Waals surface area contributed by atoms with Crippen LogP contribution in [0.5, 0.6) is 0 Å². The fourth-order valence-corrected chi connectivity index (χ4v) is 4.57. The summed E-state index contributed by atoms with van der Waals surface area (Å²) in [6, 6.07) is 7.40. The Morgan fingerprint density at radius 2 is 2.06 bits per heavy atom. The number of H-pyrrole nitrogens is 1. The largest absolute Gasteiger partial charge is 0.461 e. The first-order chi connectivity index (χ1) is 15.8. The van der Waals surface area contributed by atoms with Gasteiger partial charge in [-0.05, 0) is 68.9 Å². The molecule has 0 radical (unpaired) electrons. The molecule has 2 aromatic rings. The van der Waals surface area contributed by atoms with Crippen LogP contribution in [-0.4, -0.2) is 47.4 Å². The molecule has 2 N–H and O–H groups in total. The van der Waals surface area contributed by atoms with Crippen molar-refractivity contribution in [2.24, 2.45) is 5.92 Å². The van der Waals surface area contributed by atoms with Crippen LogP contribution in [0.25, 0.3) is 0 Å². The van der Waals surface area contributed by atoms with Gasteiger partial charge in [-0.1, -0.05) is 23.7 Å². The Balaban J connectivity index is 1.53. The lowest BCUT2D eigenvalue weighted by molar-refractivity contribution is -0.135. The number of esters is 1. The highest BCUT2D eigenvalue weighted by Gasteiger charge is 2.28. The van der Waals surface area contributed by atoms with Gasteiger partial charge in [0.25, 0.3) is 0 Å². The number of carbonyl (C=O) groups excluding carboxylic acids is 3. The van der Waals surface area contributed by atoms with Crippen LogP contribution in [0.3, 0.4) is 0 Å². The zero-order valence-corrected chi connectivity index (χ0v) is 20.3. The minimum absolute atomic E-state index is 0.0278. The molecule has 0 saturated carbocycles. The van der Waals surface area contributed by atoms with Crippen LogP contribution in [0, 0.1) is 19.8 Å². The van der Waals surface area contributed by atoms with Gasteiger partial charge in [-0.2, -0.15) is 0 Å². The molecule has 1 saturated heterocycles. The van der Waals surface area contributed by atoms with E-state index in [-0.39, 0.29) is 23.7 Å². The predicted octanol–water partition coefficient (Wildman–Crippen LogP) is 3.95. The van der Waals surface area contributed by atoms with Crippen LogP contribution in [0.2, 0.25) is 5.02 Å². The Morgan fingerprint density at radius 1 is 1.27 bits per heavy atom. The van der Waals surface area contributed by atoms with E-state index in [9.17, 15) is 14.4 Å². The van der Waals surface area contributed by atoms with Crippen molar-refractivity contribution in [2.45, 2.75) is 53.0 Å². The summed E-state index contributed by atoms with van der Waals surface area (Å²) < 4.78 is 5.10. The van der Waals surface area contributed by atoms with Gasteiger partial charge in [0.05, 0.1) is 12.5 Å². The summed E-state index contributed by atoms with van der Waals surface area (Å²) in [5.74, 6) is -0.602. The van der Waals surface area contributed by atoms with Crippen LogP contribution in [-0.2, 0) is 27.3 Å². The minimum atomic E-state index is -0.377. The number of aromatic amines is 1. The molecule has 3 rings (SSSR count). The molecule has 1 aromatic carbocycles. The Kier molecular flexibility index (Phi) is 8.55. The van der Waals surface area contributed by atoms with E-state index in [0.717, 1.165) is 35.2 Å². The van der Waals surface area contributed by atoms with E-state index in [0.29, 0.717) is 49.8 Å². The maximum absolute atomic E-state index is 12.9. The van der Waals surface area contributed by atoms with Crippen molar-refractivity contribution < 1.29 is 19.1 Å². The van der Waals surface area contributed by atoms with Crippen molar-refractivity contribution in [1.29, 1.82) is 0 Å². The van der Waals surface area contributed by atoms with Crippen molar-refractivity contribution in [3.63, 3.8) is 0 Å². The number of piperidine rings is 1. The molecule has 0 unspecified atom stereocenters. The van der Waals surface area contributed by atoms with Gasteiger partial charge in [0.2, 0.25) is 11.8 Å². The number of ether oxygens (including phenoxy) is 1. The normalized spacial score (nSPS) is 15.9. The zero-order valence-electron chi connectivity index (χ0n) is 19.5. The highest BCUT2D eigenvalue weighted by Crippen LogP contribution is 2.22. The first-order valence-electron chi connectivity index (χ1n) is 11.4. The number of likely N-dealkylation sites (tertiary alicyclic amines) is 1. The predicted molar refractivity (Wildman–Crippen MR) is 127 cm³/mol. The Labute approximate surface area is 199 Å². The monoisotopic (exact) mass is 473 g/mol. The van der Waals surface area contributed by atoms with Gasteiger partial charge in [0, 0.05) is 36.8 Å². The molecule has 33 heavy (non-hydrogen) atoms. The van der Waals surface area contributed by atoms with Gasteiger partial charge in [0.1, 0.15) is 5.69 Å². The SMILES string of the molecule is CCOC(=O)c1[nH]c(C)c(CCC(=O)N2CCC[C@H](C(=O)NCc3cccc(Cl)c3)C2)c1C. The Morgan fingerprint density at radius 3 is 2.79 bits per heavy atom. The Hall–Kier alpha value is -2.80. The topological polar surface area (TPSA) is 91.5 Å². The number of rotatable bonds is 8. The highest BCUT2D eigenvalue weighted by molar-refractivity contribution is 6.30. The summed E-state index contributed by atoms with van der Waals surface area (Å²) in [6.07, 6.45) is 2.44. The second-order valence-electron chi connectivity index (χ2n) is 8.48. The molecular formula is C25H32ClN3O4. The first-order valence-corrected chi connectivity index (χ1v) is 11.8. The number of halogens is 1. The van der Waals surface area contributed by atoms with E-state index in [1.807, 2.05) is 32.0 Å². The average molecular weight is 474 g/mol. The highest BCUT2D eigenvalue weighted by atomic mass is 35.5. The molecule has 0 bridgehead atoms. The molecule has 1 atom stereocenters. The standard InChI is InChI=1S/C25H32ClN3O4/c1-4-33-25(32)23-16(2)21(17(3)28-23)10-11-22(30)29-12-6-8-19(15-29)24(31)27-14-18-7-5-9-20(26)13-18/h5,7,9,13,19,28H,4,6,8,10-12,14-15H2,1-3H3,(H,27,31)/t19-/m0/s1. The van der Waals surface area contributed by atoms with Crippen molar-refractivity contribution >= 4 is 29.4 Å². The fraction of sp³-hybridized carbons (Fsp3) is 0.480.